The van der Waals surface area contributed by atoms with Gasteiger partial charge in [0.15, 0.2) is 0 Å². The van der Waals surface area contributed by atoms with Gasteiger partial charge in [-0.25, -0.2) is 4.79 Å². The van der Waals surface area contributed by atoms with Gasteiger partial charge in [0.05, 0.1) is 5.56 Å². The molecule has 0 aromatic heterocycles. The van der Waals surface area contributed by atoms with Crippen LogP contribution in [0, 0.1) is 0 Å². The third-order valence-corrected chi connectivity index (χ3v) is 6.80. The highest BCUT2D eigenvalue weighted by molar-refractivity contribution is 7.99. The maximum atomic E-state index is 13.9. The molecule has 0 radical (unpaired) electrons. The number of carbonyl (C=O) groups is 1. The van der Waals surface area contributed by atoms with E-state index in [1.165, 1.54) is 23.9 Å². The molecule has 2 rings (SSSR count). The van der Waals surface area contributed by atoms with Gasteiger partial charge in [0, 0.05) is 22.0 Å². The smallest absolute Gasteiger partial charge is 0.423 e. The third kappa shape index (κ3) is 6.38. The van der Waals surface area contributed by atoms with Crippen molar-refractivity contribution in [1.82, 2.24) is 0 Å². The van der Waals surface area contributed by atoms with Gasteiger partial charge in [-0.05, 0) is 54.8 Å². The zero-order valence-corrected chi connectivity index (χ0v) is 20.7. The average molecular weight is 622 g/mol. The maximum Gasteiger partial charge on any atom is 0.460 e. The Balaban J connectivity index is 2.06. The molecular formula is C22H15F13O2S2. The number of hydrogen-bond acceptors (Lipinski definition) is 4. The summed E-state index contributed by atoms with van der Waals surface area (Å²) in [5, 5.41) is 0. The SMILES string of the molecule is CSc1ccc(C(=O)Oc2ccc(SCCC(F)(F)C(F)(F)C(F)(F)C(F)(F)C(F)(F)C(F)(F)F)cc2)cc1. The number of carbonyl (C=O) groups excluding carboxylic acids is 1. The second kappa shape index (κ2) is 11.3. The molecule has 2 aromatic rings. The average Bonchev–Trinajstić information content (AvgIpc) is 2.83. The number of halogens is 13. The molecule has 0 aliphatic carbocycles. The predicted molar refractivity (Wildman–Crippen MR) is 116 cm³/mol. The lowest BCUT2D eigenvalue weighted by atomic mass is 9.93. The van der Waals surface area contributed by atoms with Crippen LogP contribution in [0.2, 0.25) is 0 Å². The first-order chi connectivity index (χ1) is 17.6. The van der Waals surface area contributed by atoms with Gasteiger partial charge in [0.1, 0.15) is 5.75 Å². The van der Waals surface area contributed by atoms with Crippen LogP contribution in [0.1, 0.15) is 16.8 Å². The molecule has 2 aromatic carbocycles. The molecule has 0 atom stereocenters. The molecule has 2 nitrogen and oxygen atoms in total. The number of hydrogen-bond donors (Lipinski definition) is 0. The first-order valence-corrected chi connectivity index (χ1v) is 12.4. The molecule has 0 amide bonds. The molecular weight excluding hydrogens is 607 g/mol. The van der Waals surface area contributed by atoms with E-state index in [4.69, 9.17) is 4.74 Å². The molecule has 218 valence electrons. The van der Waals surface area contributed by atoms with Crippen molar-refractivity contribution in [3.63, 3.8) is 0 Å². The number of rotatable bonds is 11. The van der Waals surface area contributed by atoms with Crippen molar-refractivity contribution in [2.45, 2.75) is 52.0 Å². The van der Waals surface area contributed by atoms with Crippen molar-refractivity contribution in [2.75, 3.05) is 12.0 Å². The first kappa shape index (κ1) is 32.9. The summed E-state index contributed by atoms with van der Waals surface area (Å²) in [6.45, 7) is 0. The second-order valence-electron chi connectivity index (χ2n) is 7.69. The van der Waals surface area contributed by atoms with Crippen LogP contribution in [-0.2, 0) is 0 Å². The molecule has 39 heavy (non-hydrogen) atoms. The summed E-state index contributed by atoms with van der Waals surface area (Å²) in [4.78, 5) is 13.0. The quantitative estimate of drug-likeness (QED) is 0.108. The third-order valence-electron chi connectivity index (χ3n) is 5.04. The number of benzene rings is 2. The maximum absolute atomic E-state index is 13.9. The predicted octanol–water partition coefficient (Wildman–Crippen LogP) is 8.85. The lowest BCUT2D eigenvalue weighted by molar-refractivity contribution is -0.439. The van der Waals surface area contributed by atoms with Gasteiger partial charge in [-0.2, -0.15) is 57.1 Å². The summed E-state index contributed by atoms with van der Waals surface area (Å²) < 4.78 is 176. The van der Waals surface area contributed by atoms with E-state index in [0.29, 0.717) is 11.8 Å². The zero-order chi connectivity index (χ0) is 30.1. The van der Waals surface area contributed by atoms with E-state index in [1.807, 2.05) is 6.26 Å². The number of thioether (sulfide) groups is 2. The molecule has 0 saturated carbocycles. The number of esters is 1. The molecule has 17 heteroatoms. The summed E-state index contributed by atoms with van der Waals surface area (Å²) in [6.07, 6.45) is -7.94. The summed E-state index contributed by atoms with van der Waals surface area (Å²) in [7, 11) is 0. The van der Waals surface area contributed by atoms with Crippen molar-refractivity contribution < 1.29 is 66.6 Å². The highest BCUT2D eigenvalue weighted by Crippen LogP contribution is 2.60. The molecule has 0 N–H and O–H groups in total. The van der Waals surface area contributed by atoms with Crippen LogP contribution < -0.4 is 4.74 Å². The minimum absolute atomic E-state index is 0.0129. The molecule has 0 aliphatic rings. The molecule has 0 fully saturated rings. The summed E-state index contributed by atoms with van der Waals surface area (Å²) in [5.41, 5.74) is 0.185. The van der Waals surface area contributed by atoms with E-state index < -0.39 is 53.9 Å². The summed E-state index contributed by atoms with van der Waals surface area (Å²) in [6, 6.07) is 10.8. The van der Waals surface area contributed by atoms with Gasteiger partial charge in [-0.15, -0.1) is 23.5 Å². The Morgan fingerprint density at radius 3 is 1.59 bits per heavy atom. The standard InChI is InChI=1S/C22H15F13O2S2/c1-38-14-6-2-12(3-7-14)16(36)37-13-4-8-15(9-5-13)39-11-10-17(23,24)18(25,26)19(27,28)20(29,30)21(31,32)22(33,34)35/h2-9H,10-11H2,1H3. The Kier molecular flexibility index (Phi) is 9.53. The van der Waals surface area contributed by atoms with E-state index in [2.05, 4.69) is 0 Å². The topological polar surface area (TPSA) is 26.3 Å². The normalized spacial score (nSPS) is 13.9. The molecule has 0 heterocycles. The lowest BCUT2D eigenvalue weighted by Gasteiger charge is -2.39. The number of alkyl halides is 13. The highest BCUT2D eigenvalue weighted by atomic mass is 32.2. The van der Waals surface area contributed by atoms with E-state index >= 15 is 0 Å². The Labute approximate surface area is 220 Å². The highest BCUT2D eigenvalue weighted by Gasteiger charge is 2.90. The van der Waals surface area contributed by atoms with Crippen molar-refractivity contribution in [2.24, 2.45) is 0 Å². The Bertz CT molecular complexity index is 1130. The fourth-order valence-corrected chi connectivity index (χ4v) is 4.08. The van der Waals surface area contributed by atoms with Crippen molar-refractivity contribution in [3.8, 4) is 5.75 Å². The first-order valence-electron chi connectivity index (χ1n) is 10.2. The summed E-state index contributed by atoms with van der Waals surface area (Å²) in [5.74, 6) is -38.9. The van der Waals surface area contributed by atoms with Crippen molar-refractivity contribution >= 4 is 29.5 Å². The molecule has 0 saturated heterocycles. The minimum atomic E-state index is -7.91. The van der Waals surface area contributed by atoms with Crippen LogP contribution in [0.5, 0.6) is 5.75 Å². The number of ether oxygens (including phenoxy) is 1. The van der Waals surface area contributed by atoms with Gasteiger partial charge in [-0.3, -0.25) is 0 Å². The van der Waals surface area contributed by atoms with Crippen LogP contribution in [0.25, 0.3) is 0 Å². The molecule has 0 bridgehead atoms. The van der Waals surface area contributed by atoms with Crippen molar-refractivity contribution in [3.05, 3.63) is 54.1 Å². The summed E-state index contributed by atoms with van der Waals surface area (Å²) >= 11 is 1.73. The van der Waals surface area contributed by atoms with Gasteiger partial charge in [0.2, 0.25) is 0 Å². The fourth-order valence-electron chi connectivity index (χ4n) is 2.75. The van der Waals surface area contributed by atoms with E-state index in [-0.39, 0.29) is 16.2 Å². The van der Waals surface area contributed by atoms with Crippen molar-refractivity contribution in [1.29, 1.82) is 0 Å². The van der Waals surface area contributed by atoms with Gasteiger partial charge in [0.25, 0.3) is 0 Å². The Hall–Kier alpha value is -2.30. The molecule has 0 aliphatic heterocycles. The van der Waals surface area contributed by atoms with E-state index in [9.17, 15) is 61.9 Å². The molecule has 0 unspecified atom stereocenters. The van der Waals surface area contributed by atoms with Crippen LogP contribution in [-0.4, -0.2) is 53.8 Å². The Morgan fingerprint density at radius 1 is 0.667 bits per heavy atom. The van der Waals surface area contributed by atoms with E-state index in [1.54, 1.807) is 12.1 Å². The monoisotopic (exact) mass is 622 g/mol. The Morgan fingerprint density at radius 2 is 1.13 bits per heavy atom. The lowest BCUT2D eigenvalue weighted by Crippen LogP contribution is -2.70. The zero-order valence-electron chi connectivity index (χ0n) is 19.1. The molecule has 0 spiro atoms. The van der Waals surface area contributed by atoms with Crippen LogP contribution in [0.3, 0.4) is 0 Å². The van der Waals surface area contributed by atoms with E-state index in [0.717, 1.165) is 29.2 Å². The minimum Gasteiger partial charge on any atom is -0.423 e. The fraction of sp³-hybridized carbons (Fsp3) is 0.409. The largest absolute Gasteiger partial charge is 0.460 e. The second-order valence-corrected chi connectivity index (χ2v) is 9.74. The van der Waals surface area contributed by atoms with Crippen LogP contribution in [0.15, 0.2) is 58.3 Å². The van der Waals surface area contributed by atoms with Gasteiger partial charge in [-0.1, -0.05) is 0 Å². The van der Waals surface area contributed by atoms with Crippen LogP contribution in [0.4, 0.5) is 57.1 Å². The van der Waals surface area contributed by atoms with Crippen LogP contribution >= 0.6 is 23.5 Å². The van der Waals surface area contributed by atoms with Gasteiger partial charge >= 0.3 is 41.8 Å². The van der Waals surface area contributed by atoms with Gasteiger partial charge < -0.3 is 4.74 Å².